The number of pyridine rings is 1. The van der Waals surface area contributed by atoms with E-state index in [1.54, 1.807) is 0 Å². The number of benzene rings is 1. The first-order chi connectivity index (χ1) is 10.6. The van der Waals surface area contributed by atoms with Gasteiger partial charge in [-0.3, -0.25) is 0 Å². The van der Waals surface area contributed by atoms with Crippen molar-refractivity contribution < 1.29 is 0 Å². The largest absolute Gasteiger partial charge is 0.396 e. The molecule has 0 aliphatic carbocycles. The molecule has 5 nitrogen and oxygen atoms in total. The van der Waals surface area contributed by atoms with E-state index < -0.39 is 0 Å². The van der Waals surface area contributed by atoms with E-state index in [2.05, 4.69) is 21.3 Å². The van der Waals surface area contributed by atoms with Crippen molar-refractivity contribution in [1.82, 2.24) is 4.98 Å². The number of aromatic nitrogens is 1. The second-order valence-corrected chi connectivity index (χ2v) is 5.84. The summed E-state index contributed by atoms with van der Waals surface area (Å²) < 4.78 is 0. The Kier molecular flexibility index (Phi) is 3.57. The van der Waals surface area contributed by atoms with E-state index in [0.29, 0.717) is 16.3 Å². The number of fused-ring (bicyclic) bond motifs is 1. The minimum atomic E-state index is 0.476. The molecular weight excluding hydrogens is 294 g/mol. The highest BCUT2D eigenvalue weighted by molar-refractivity contribution is 7.19. The number of nitriles is 1. The summed E-state index contributed by atoms with van der Waals surface area (Å²) in [5.74, 6) is 0. The van der Waals surface area contributed by atoms with Crippen LogP contribution in [0.15, 0.2) is 40.6 Å². The van der Waals surface area contributed by atoms with Crippen molar-refractivity contribution in [2.24, 2.45) is 10.2 Å². The predicted molar refractivity (Wildman–Crippen MR) is 88.8 cm³/mol. The number of aryl methyl sites for hydroxylation is 2. The maximum absolute atomic E-state index is 9.11. The number of rotatable bonds is 2. The Bertz CT molecular complexity index is 919. The van der Waals surface area contributed by atoms with Crippen LogP contribution in [-0.4, -0.2) is 4.98 Å². The van der Waals surface area contributed by atoms with Gasteiger partial charge in [0.05, 0.1) is 17.1 Å². The first kappa shape index (κ1) is 14.2. The molecule has 6 heteroatoms. The molecule has 3 rings (SSSR count). The summed E-state index contributed by atoms with van der Waals surface area (Å²) >= 11 is 1.31. The van der Waals surface area contributed by atoms with Crippen LogP contribution in [0.1, 0.15) is 16.1 Å². The van der Waals surface area contributed by atoms with Gasteiger partial charge < -0.3 is 5.73 Å². The van der Waals surface area contributed by atoms with Gasteiger partial charge in [0.1, 0.15) is 21.5 Å². The topological polar surface area (TPSA) is 87.4 Å². The normalized spacial score (nSPS) is 11.1. The zero-order valence-corrected chi connectivity index (χ0v) is 13.0. The van der Waals surface area contributed by atoms with Crippen molar-refractivity contribution in [2.75, 3.05) is 5.73 Å². The summed E-state index contributed by atoms with van der Waals surface area (Å²) in [7, 11) is 0. The highest BCUT2D eigenvalue weighted by Gasteiger charge is 2.17. The molecule has 0 aliphatic heterocycles. The van der Waals surface area contributed by atoms with E-state index in [1.807, 2.05) is 44.2 Å². The molecule has 0 aliphatic rings. The molecule has 2 heterocycles. The quantitative estimate of drug-likeness (QED) is 0.691. The van der Waals surface area contributed by atoms with Crippen LogP contribution >= 0.6 is 11.3 Å². The van der Waals surface area contributed by atoms with Gasteiger partial charge in [0, 0.05) is 5.39 Å². The van der Waals surface area contributed by atoms with Crippen LogP contribution < -0.4 is 5.73 Å². The Morgan fingerprint density at radius 1 is 1.18 bits per heavy atom. The summed E-state index contributed by atoms with van der Waals surface area (Å²) in [5, 5.41) is 18.5. The van der Waals surface area contributed by atoms with Crippen molar-refractivity contribution in [1.29, 1.82) is 5.26 Å². The van der Waals surface area contributed by atoms with Gasteiger partial charge in [0.25, 0.3) is 0 Å². The maximum atomic E-state index is 9.11. The van der Waals surface area contributed by atoms with Crippen molar-refractivity contribution in [3.8, 4) is 6.07 Å². The van der Waals surface area contributed by atoms with Crippen LogP contribution in [-0.2, 0) is 0 Å². The molecule has 22 heavy (non-hydrogen) atoms. The average Bonchev–Trinajstić information content (AvgIpc) is 2.84. The number of azo groups is 1. The van der Waals surface area contributed by atoms with E-state index in [9.17, 15) is 0 Å². The molecule has 0 fully saturated rings. The van der Waals surface area contributed by atoms with Gasteiger partial charge in [0.15, 0.2) is 0 Å². The molecule has 0 spiro atoms. The van der Waals surface area contributed by atoms with Gasteiger partial charge in [-0.2, -0.15) is 10.4 Å². The molecule has 0 radical (unpaired) electrons. The first-order valence-electron chi connectivity index (χ1n) is 6.68. The highest BCUT2D eigenvalue weighted by Crippen LogP contribution is 2.39. The minimum absolute atomic E-state index is 0.476. The predicted octanol–water partition coefficient (Wildman–Crippen LogP) is 4.78. The lowest BCUT2D eigenvalue weighted by Gasteiger charge is -2.05. The van der Waals surface area contributed by atoms with E-state index >= 15 is 0 Å². The third-order valence-corrected chi connectivity index (χ3v) is 4.40. The van der Waals surface area contributed by atoms with Crippen molar-refractivity contribution >= 4 is 38.6 Å². The molecule has 0 amide bonds. The first-order valence-corrected chi connectivity index (χ1v) is 7.49. The van der Waals surface area contributed by atoms with E-state index in [-0.39, 0.29) is 0 Å². The number of thiophene rings is 1. The molecule has 0 atom stereocenters. The number of hydrogen-bond donors (Lipinski definition) is 1. The minimum Gasteiger partial charge on any atom is -0.396 e. The summed E-state index contributed by atoms with van der Waals surface area (Å²) in [4.78, 5) is 5.77. The van der Waals surface area contributed by atoms with Crippen molar-refractivity contribution in [3.63, 3.8) is 0 Å². The highest BCUT2D eigenvalue weighted by atomic mass is 32.1. The summed E-state index contributed by atoms with van der Waals surface area (Å²) in [6.45, 7) is 3.81. The fraction of sp³-hybridized carbons (Fsp3) is 0.125. The van der Waals surface area contributed by atoms with E-state index in [0.717, 1.165) is 27.2 Å². The zero-order chi connectivity index (χ0) is 15.7. The van der Waals surface area contributed by atoms with Crippen LogP contribution in [0.2, 0.25) is 0 Å². The van der Waals surface area contributed by atoms with Gasteiger partial charge >= 0.3 is 0 Å². The number of nitrogens with two attached hydrogens (primary N) is 1. The van der Waals surface area contributed by atoms with Crippen LogP contribution in [0.25, 0.3) is 10.2 Å². The van der Waals surface area contributed by atoms with Crippen molar-refractivity contribution in [2.45, 2.75) is 13.8 Å². The van der Waals surface area contributed by atoms with Crippen LogP contribution in [0, 0.1) is 25.2 Å². The molecule has 108 valence electrons. The molecule has 2 aromatic heterocycles. The monoisotopic (exact) mass is 307 g/mol. The van der Waals surface area contributed by atoms with E-state index in [4.69, 9.17) is 11.0 Å². The molecule has 0 saturated carbocycles. The van der Waals surface area contributed by atoms with Gasteiger partial charge in [-0.25, -0.2) is 4.98 Å². The average molecular weight is 307 g/mol. The molecule has 0 unspecified atom stereocenters. The smallest absolute Gasteiger partial charge is 0.130 e. The summed E-state index contributed by atoms with van der Waals surface area (Å²) in [5.41, 5.74) is 9.68. The Morgan fingerprint density at radius 3 is 2.59 bits per heavy atom. The van der Waals surface area contributed by atoms with Gasteiger partial charge in [-0.05, 0) is 31.5 Å². The lowest BCUT2D eigenvalue weighted by atomic mass is 10.1. The lowest BCUT2D eigenvalue weighted by molar-refractivity contribution is 1.15. The van der Waals surface area contributed by atoms with Crippen LogP contribution in [0.3, 0.4) is 0 Å². The van der Waals surface area contributed by atoms with Gasteiger partial charge in [0.2, 0.25) is 0 Å². The second kappa shape index (κ2) is 5.54. The standard InChI is InChI=1S/C16H13N5S/c1-9-13-14(18)12(8-17)22-16(13)19-10(2)15(9)21-20-11-6-4-3-5-7-11/h3-7H,18H2,1-2H3. The number of hydrogen-bond acceptors (Lipinski definition) is 6. The fourth-order valence-electron chi connectivity index (χ4n) is 2.30. The summed E-state index contributed by atoms with van der Waals surface area (Å²) in [6.07, 6.45) is 0. The summed E-state index contributed by atoms with van der Waals surface area (Å²) in [6, 6.07) is 11.6. The maximum Gasteiger partial charge on any atom is 0.130 e. The Balaban J connectivity index is 2.16. The van der Waals surface area contributed by atoms with Gasteiger partial charge in [-0.1, -0.05) is 18.2 Å². The molecule has 0 bridgehead atoms. The number of nitrogens with zero attached hydrogens (tertiary/aromatic N) is 4. The molecular formula is C16H13N5S. The zero-order valence-electron chi connectivity index (χ0n) is 12.2. The molecule has 2 N–H and O–H groups in total. The molecule has 0 saturated heterocycles. The van der Waals surface area contributed by atoms with Crippen LogP contribution in [0.4, 0.5) is 17.1 Å². The Morgan fingerprint density at radius 2 is 1.91 bits per heavy atom. The number of nitrogen functional groups attached to an aromatic ring is 1. The lowest BCUT2D eigenvalue weighted by Crippen LogP contribution is -1.90. The van der Waals surface area contributed by atoms with Crippen LogP contribution in [0.5, 0.6) is 0 Å². The van der Waals surface area contributed by atoms with E-state index in [1.165, 1.54) is 11.3 Å². The molecule has 3 aromatic rings. The molecule has 1 aromatic carbocycles. The fourth-order valence-corrected chi connectivity index (χ4v) is 3.30. The Hall–Kier alpha value is -2.78. The third-order valence-electron chi connectivity index (χ3n) is 3.39. The number of anilines is 1. The SMILES string of the molecule is Cc1nc2sc(C#N)c(N)c2c(C)c1N=Nc1ccccc1. The van der Waals surface area contributed by atoms with Gasteiger partial charge in [-0.15, -0.1) is 16.5 Å². The second-order valence-electron chi connectivity index (χ2n) is 4.84. The third kappa shape index (κ3) is 2.32. The Labute approximate surface area is 131 Å². The van der Waals surface area contributed by atoms with Crippen molar-refractivity contribution in [3.05, 3.63) is 46.5 Å².